The third kappa shape index (κ3) is 3.57. The van der Waals surface area contributed by atoms with E-state index in [4.69, 9.17) is 9.15 Å². The van der Waals surface area contributed by atoms with Crippen LogP contribution in [0.4, 0.5) is 5.69 Å². The van der Waals surface area contributed by atoms with Gasteiger partial charge in [0.15, 0.2) is 5.58 Å². The molecular weight excluding hydrogens is 408 g/mol. The van der Waals surface area contributed by atoms with Crippen LogP contribution in [0.5, 0.6) is 5.75 Å². The Kier molecular flexibility index (Phi) is 4.64. The second-order valence-electron chi connectivity index (χ2n) is 5.86. The van der Waals surface area contributed by atoms with Crippen LogP contribution in [0.15, 0.2) is 75.6 Å². The fourth-order valence-electron chi connectivity index (χ4n) is 2.70. The van der Waals surface area contributed by atoms with Gasteiger partial charge in [-0.3, -0.25) is 4.79 Å². The molecule has 6 heteroatoms. The maximum absolute atomic E-state index is 12.4. The van der Waals surface area contributed by atoms with Crippen molar-refractivity contribution in [3.05, 3.63) is 76.8 Å². The monoisotopic (exact) mass is 422 g/mol. The van der Waals surface area contributed by atoms with Crippen molar-refractivity contribution in [2.75, 3.05) is 12.4 Å². The summed E-state index contributed by atoms with van der Waals surface area (Å²) in [5.74, 6) is 1.03. The molecule has 4 rings (SSSR count). The van der Waals surface area contributed by atoms with E-state index < -0.39 is 0 Å². The molecule has 0 radical (unpaired) electrons. The molecule has 0 fully saturated rings. The van der Waals surface area contributed by atoms with Crippen molar-refractivity contribution < 1.29 is 13.9 Å². The number of carbonyl (C=O) groups excluding carboxylic acids is 1. The molecule has 0 bridgehead atoms. The van der Waals surface area contributed by atoms with Gasteiger partial charge in [-0.25, -0.2) is 4.98 Å². The van der Waals surface area contributed by atoms with Crippen LogP contribution >= 0.6 is 15.9 Å². The van der Waals surface area contributed by atoms with Gasteiger partial charge in [0.25, 0.3) is 5.91 Å². The number of nitrogens with one attached hydrogen (secondary N) is 1. The summed E-state index contributed by atoms with van der Waals surface area (Å²) in [6, 6.07) is 20.0. The molecule has 3 aromatic carbocycles. The molecule has 1 N–H and O–H groups in total. The highest BCUT2D eigenvalue weighted by atomic mass is 79.9. The number of methoxy groups -OCH3 is 1. The third-order valence-corrected chi connectivity index (χ3v) is 4.79. The molecule has 1 aromatic heterocycles. The van der Waals surface area contributed by atoms with Crippen molar-refractivity contribution in [3.63, 3.8) is 0 Å². The second kappa shape index (κ2) is 7.25. The summed E-state index contributed by atoms with van der Waals surface area (Å²) in [6.07, 6.45) is 0. The van der Waals surface area contributed by atoms with E-state index >= 15 is 0 Å². The molecule has 5 nitrogen and oxygen atoms in total. The van der Waals surface area contributed by atoms with Crippen molar-refractivity contribution in [1.82, 2.24) is 4.98 Å². The minimum absolute atomic E-state index is 0.202. The van der Waals surface area contributed by atoms with Crippen LogP contribution in [-0.4, -0.2) is 18.0 Å². The number of amides is 1. The van der Waals surface area contributed by atoms with Crippen LogP contribution in [0, 0.1) is 0 Å². The van der Waals surface area contributed by atoms with Gasteiger partial charge in [-0.1, -0.05) is 12.1 Å². The minimum Gasteiger partial charge on any atom is -0.497 e. The molecule has 0 atom stereocenters. The summed E-state index contributed by atoms with van der Waals surface area (Å²) in [4.78, 5) is 17.0. The van der Waals surface area contributed by atoms with E-state index in [2.05, 4.69) is 26.2 Å². The molecule has 0 aliphatic carbocycles. The number of aromatic nitrogens is 1. The maximum Gasteiger partial charge on any atom is 0.255 e. The number of carbonyl (C=O) groups is 1. The zero-order valence-electron chi connectivity index (χ0n) is 14.4. The van der Waals surface area contributed by atoms with Crippen molar-refractivity contribution >= 4 is 38.6 Å². The Hall–Kier alpha value is -3.12. The van der Waals surface area contributed by atoms with Crippen LogP contribution in [0.2, 0.25) is 0 Å². The fourth-order valence-corrected chi connectivity index (χ4v) is 3.16. The predicted octanol–water partition coefficient (Wildman–Crippen LogP) is 5.52. The molecule has 0 saturated heterocycles. The standard InChI is InChI=1S/C21H15BrN2O3/c1-26-15-9-6-13(7-10-15)20(25)23-14-8-11-19-18(12-14)24-21(27-19)16-4-2-3-5-17(16)22/h2-12H,1H3,(H,23,25). The third-order valence-electron chi connectivity index (χ3n) is 4.10. The van der Waals surface area contributed by atoms with Crippen molar-refractivity contribution in [3.8, 4) is 17.2 Å². The molecule has 0 aliphatic heterocycles. The Morgan fingerprint density at radius 2 is 1.85 bits per heavy atom. The molecule has 134 valence electrons. The number of anilines is 1. The Bertz CT molecular complexity index is 1120. The first-order chi connectivity index (χ1) is 13.1. The number of nitrogens with zero attached hydrogens (tertiary/aromatic N) is 1. The molecule has 27 heavy (non-hydrogen) atoms. The highest BCUT2D eigenvalue weighted by molar-refractivity contribution is 9.10. The van der Waals surface area contributed by atoms with Crippen LogP contribution in [0.1, 0.15) is 10.4 Å². The summed E-state index contributed by atoms with van der Waals surface area (Å²) >= 11 is 3.51. The summed E-state index contributed by atoms with van der Waals surface area (Å²) in [5, 5.41) is 2.88. The van der Waals surface area contributed by atoms with Crippen LogP contribution in [0.25, 0.3) is 22.6 Å². The SMILES string of the molecule is COc1ccc(C(=O)Nc2ccc3oc(-c4ccccc4Br)nc3c2)cc1. The van der Waals surface area contributed by atoms with Crippen LogP contribution in [-0.2, 0) is 0 Å². The first-order valence-electron chi connectivity index (χ1n) is 8.25. The Balaban J connectivity index is 1.59. The quantitative estimate of drug-likeness (QED) is 0.470. The average molecular weight is 423 g/mol. The predicted molar refractivity (Wildman–Crippen MR) is 108 cm³/mol. The Morgan fingerprint density at radius 3 is 2.59 bits per heavy atom. The zero-order chi connectivity index (χ0) is 18.8. The van der Waals surface area contributed by atoms with Crippen molar-refractivity contribution in [1.29, 1.82) is 0 Å². The van der Waals surface area contributed by atoms with Gasteiger partial charge in [-0.2, -0.15) is 0 Å². The largest absolute Gasteiger partial charge is 0.497 e. The van der Waals surface area contributed by atoms with E-state index in [0.717, 1.165) is 10.0 Å². The average Bonchev–Trinajstić information content (AvgIpc) is 3.11. The number of benzene rings is 3. The Morgan fingerprint density at radius 1 is 1.07 bits per heavy atom. The van der Waals surface area contributed by atoms with Gasteiger partial charge in [0, 0.05) is 15.7 Å². The molecule has 1 heterocycles. The number of ether oxygens (including phenoxy) is 1. The molecule has 0 unspecified atom stereocenters. The summed E-state index contributed by atoms with van der Waals surface area (Å²) < 4.78 is 11.9. The number of hydrogen-bond acceptors (Lipinski definition) is 4. The lowest BCUT2D eigenvalue weighted by Gasteiger charge is -2.06. The maximum atomic E-state index is 12.4. The van der Waals surface area contributed by atoms with Gasteiger partial charge < -0.3 is 14.5 Å². The van der Waals surface area contributed by atoms with Gasteiger partial charge in [0.1, 0.15) is 11.3 Å². The molecule has 0 spiro atoms. The summed E-state index contributed by atoms with van der Waals surface area (Å²) in [5.41, 5.74) is 3.40. The van der Waals surface area contributed by atoms with Crippen LogP contribution in [0.3, 0.4) is 0 Å². The molecule has 0 aliphatic rings. The molecular formula is C21H15BrN2O3. The lowest BCUT2D eigenvalue weighted by molar-refractivity contribution is 0.102. The number of oxazole rings is 1. The van der Waals surface area contributed by atoms with E-state index in [1.165, 1.54) is 0 Å². The first-order valence-corrected chi connectivity index (χ1v) is 9.04. The van der Waals surface area contributed by atoms with Gasteiger partial charge in [0.2, 0.25) is 5.89 Å². The highest BCUT2D eigenvalue weighted by Gasteiger charge is 2.12. The molecule has 4 aromatic rings. The van der Waals surface area contributed by atoms with E-state index in [-0.39, 0.29) is 5.91 Å². The first kappa shape index (κ1) is 17.3. The molecule has 1 amide bonds. The Labute approximate surface area is 164 Å². The molecule has 0 saturated carbocycles. The van der Waals surface area contributed by atoms with E-state index in [1.54, 1.807) is 49.6 Å². The van der Waals surface area contributed by atoms with E-state index in [1.807, 2.05) is 24.3 Å². The van der Waals surface area contributed by atoms with Gasteiger partial charge >= 0.3 is 0 Å². The van der Waals surface area contributed by atoms with E-state index in [0.29, 0.717) is 34.0 Å². The zero-order valence-corrected chi connectivity index (χ0v) is 16.0. The number of fused-ring (bicyclic) bond motifs is 1. The summed E-state index contributed by atoms with van der Waals surface area (Å²) in [6.45, 7) is 0. The topological polar surface area (TPSA) is 64.4 Å². The minimum atomic E-state index is -0.202. The van der Waals surface area contributed by atoms with Crippen LogP contribution < -0.4 is 10.1 Å². The lowest BCUT2D eigenvalue weighted by Crippen LogP contribution is -2.11. The van der Waals surface area contributed by atoms with Crippen molar-refractivity contribution in [2.45, 2.75) is 0 Å². The van der Waals surface area contributed by atoms with E-state index in [9.17, 15) is 4.79 Å². The highest BCUT2D eigenvalue weighted by Crippen LogP contribution is 2.31. The smallest absolute Gasteiger partial charge is 0.255 e. The number of hydrogen-bond donors (Lipinski definition) is 1. The fraction of sp³-hybridized carbons (Fsp3) is 0.0476. The van der Waals surface area contributed by atoms with Gasteiger partial charge in [-0.05, 0) is 70.5 Å². The van der Waals surface area contributed by atoms with Gasteiger partial charge in [-0.15, -0.1) is 0 Å². The van der Waals surface area contributed by atoms with Gasteiger partial charge in [0.05, 0.1) is 12.7 Å². The normalized spacial score (nSPS) is 10.7. The lowest BCUT2D eigenvalue weighted by atomic mass is 10.2. The summed E-state index contributed by atoms with van der Waals surface area (Å²) in [7, 11) is 1.59. The number of rotatable bonds is 4. The second-order valence-corrected chi connectivity index (χ2v) is 6.72. The van der Waals surface area contributed by atoms with Crippen molar-refractivity contribution in [2.24, 2.45) is 0 Å². The number of halogens is 1.